The summed E-state index contributed by atoms with van der Waals surface area (Å²) in [5.74, 6) is 0.0350. The highest BCUT2D eigenvalue weighted by atomic mass is 35.5. The van der Waals surface area contributed by atoms with Crippen molar-refractivity contribution in [2.45, 2.75) is 6.42 Å². The summed E-state index contributed by atoms with van der Waals surface area (Å²) in [5.41, 5.74) is 1.48. The van der Waals surface area contributed by atoms with Gasteiger partial charge in [0.05, 0.1) is 5.56 Å². The van der Waals surface area contributed by atoms with E-state index in [-0.39, 0.29) is 12.5 Å². The maximum Gasteiger partial charge on any atom is 0.264 e. The minimum absolute atomic E-state index is 0.200. The fraction of sp³-hybridized carbons (Fsp3) is 0.105. The van der Waals surface area contributed by atoms with Crippen LogP contribution in [0.5, 0.6) is 5.75 Å². The van der Waals surface area contributed by atoms with Gasteiger partial charge in [0, 0.05) is 22.5 Å². The number of halogens is 1. The highest BCUT2D eigenvalue weighted by Crippen LogP contribution is 2.22. The highest BCUT2D eigenvalue weighted by molar-refractivity contribution is 7.15. The maximum absolute atomic E-state index is 12.0. The van der Waals surface area contributed by atoms with Crippen LogP contribution < -0.4 is 10.1 Å². The number of rotatable bonds is 7. The first-order valence-electron chi connectivity index (χ1n) is 7.80. The molecule has 0 radical (unpaired) electrons. The largest absolute Gasteiger partial charge is 0.483 e. The maximum atomic E-state index is 12.0. The summed E-state index contributed by atoms with van der Waals surface area (Å²) in [7, 11) is 0. The first-order valence-corrected chi connectivity index (χ1v) is 8.99. The van der Waals surface area contributed by atoms with Crippen LogP contribution in [0.2, 0.25) is 5.02 Å². The van der Waals surface area contributed by atoms with E-state index in [0.29, 0.717) is 34.2 Å². The zero-order valence-corrected chi connectivity index (χ0v) is 15.2. The van der Waals surface area contributed by atoms with Gasteiger partial charge in [0.15, 0.2) is 18.0 Å². The van der Waals surface area contributed by atoms with Crippen molar-refractivity contribution in [1.82, 2.24) is 4.98 Å². The number of hydrogen-bond donors (Lipinski definition) is 1. The Balaban J connectivity index is 1.55. The van der Waals surface area contributed by atoms with Gasteiger partial charge in [-0.15, -0.1) is 11.3 Å². The van der Waals surface area contributed by atoms with E-state index in [1.807, 2.05) is 24.3 Å². The van der Waals surface area contributed by atoms with Gasteiger partial charge in [-0.25, -0.2) is 4.98 Å². The third-order valence-electron chi connectivity index (χ3n) is 3.47. The molecule has 0 aliphatic heterocycles. The number of anilines is 1. The lowest BCUT2D eigenvalue weighted by molar-refractivity contribution is -0.118. The zero-order chi connectivity index (χ0) is 18.4. The molecular formula is C19H15ClN2O3S. The number of amides is 1. The molecule has 5 nitrogen and oxygen atoms in total. The van der Waals surface area contributed by atoms with Crippen molar-refractivity contribution in [1.29, 1.82) is 0 Å². The summed E-state index contributed by atoms with van der Waals surface area (Å²) in [6.45, 7) is -0.200. The fourth-order valence-corrected chi connectivity index (χ4v) is 3.38. The lowest BCUT2D eigenvalue weighted by Crippen LogP contribution is -2.20. The molecule has 2 aromatic carbocycles. The second-order valence-electron chi connectivity index (χ2n) is 5.43. The number of hydrogen-bond acceptors (Lipinski definition) is 5. The van der Waals surface area contributed by atoms with Crippen LogP contribution in [0.1, 0.15) is 20.8 Å². The fourth-order valence-electron chi connectivity index (χ4n) is 2.30. The molecule has 1 aromatic heterocycles. The van der Waals surface area contributed by atoms with Crippen molar-refractivity contribution in [3.05, 3.63) is 75.8 Å². The van der Waals surface area contributed by atoms with Gasteiger partial charge < -0.3 is 4.74 Å². The van der Waals surface area contributed by atoms with Crippen molar-refractivity contribution in [2.24, 2.45) is 0 Å². The quantitative estimate of drug-likeness (QED) is 0.617. The lowest BCUT2D eigenvalue weighted by Gasteiger charge is -2.07. The van der Waals surface area contributed by atoms with Crippen LogP contribution in [-0.4, -0.2) is 23.8 Å². The van der Waals surface area contributed by atoms with E-state index in [1.54, 1.807) is 30.5 Å². The Morgan fingerprint density at radius 1 is 1.23 bits per heavy atom. The predicted molar refractivity (Wildman–Crippen MR) is 102 cm³/mol. The van der Waals surface area contributed by atoms with Crippen molar-refractivity contribution in [3.63, 3.8) is 0 Å². The predicted octanol–water partition coefficient (Wildman–Crippen LogP) is 4.22. The summed E-state index contributed by atoms with van der Waals surface area (Å²) in [6.07, 6.45) is 3.11. The Hall–Kier alpha value is -2.70. The standard InChI is InChI=1S/C19H15ClN2O3S/c20-15-6-3-4-13(8-15)9-16-10-21-19(26-16)22-18(24)12-25-17-7-2-1-5-14(17)11-23/h1-8,10-11H,9,12H2,(H,21,22,24). The third kappa shape index (κ3) is 4.91. The molecule has 0 saturated heterocycles. The number of benzene rings is 2. The average molecular weight is 387 g/mol. The molecule has 0 atom stereocenters. The molecule has 0 fully saturated rings. The van der Waals surface area contributed by atoms with Crippen molar-refractivity contribution in [2.75, 3.05) is 11.9 Å². The van der Waals surface area contributed by atoms with E-state index in [4.69, 9.17) is 16.3 Å². The molecule has 132 valence electrons. The Morgan fingerprint density at radius 2 is 2.08 bits per heavy atom. The molecule has 1 N–H and O–H groups in total. The number of carbonyl (C=O) groups excluding carboxylic acids is 2. The Kier molecular flexibility index (Phi) is 5.99. The second kappa shape index (κ2) is 8.60. The van der Waals surface area contributed by atoms with Gasteiger partial charge in [0.2, 0.25) is 0 Å². The third-order valence-corrected chi connectivity index (χ3v) is 4.62. The van der Waals surface area contributed by atoms with Gasteiger partial charge >= 0.3 is 0 Å². The van der Waals surface area contributed by atoms with E-state index >= 15 is 0 Å². The van der Waals surface area contributed by atoms with Gasteiger partial charge in [0.25, 0.3) is 5.91 Å². The Morgan fingerprint density at radius 3 is 2.88 bits per heavy atom. The van der Waals surface area contributed by atoms with E-state index in [2.05, 4.69) is 10.3 Å². The minimum atomic E-state index is -0.339. The molecule has 0 spiro atoms. The van der Waals surface area contributed by atoms with Gasteiger partial charge in [-0.2, -0.15) is 0 Å². The van der Waals surface area contributed by atoms with Crippen LogP contribution in [0.3, 0.4) is 0 Å². The molecule has 26 heavy (non-hydrogen) atoms. The van der Waals surface area contributed by atoms with E-state index in [0.717, 1.165) is 10.4 Å². The molecule has 3 rings (SSSR count). The molecule has 0 aliphatic carbocycles. The monoisotopic (exact) mass is 386 g/mol. The number of ether oxygens (including phenoxy) is 1. The van der Waals surface area contributed by atoms with E-state index in [1.165, 1.54) is 11.3 Å². The number of para-hydroxylation sites is 1. The van der Waals surface area contributed by atoms with Crippen LogP contribution >= 0.6 is 22.9 Å². The van der Waals surface area contributed by atoms with Gasteiger partial charge in [0.1, 0.15) is 5.75 Å². The topological polar surface area (TPSA) is 68.3 Å². The number of nitrogens with zero attached hydrogens (tertiary/aromatic N) is 1. The van der Waals surface area contributed by atoms with Crippen molar-refractivity contribution in [3.8, 4) is 5.75 Å². The normalized spacial score (nSPS) is 10.3. The van der Waals surface area contributed by atoms with Crippen molar-refractivity contribution < 1.29 is 14.3 Å². The summed E-state index contributed by atoms with van der Waals surface area (Å²) in [5, 5.41) is 3.88. The second-order valence-corrected chi connectivity index (χ2v) is 6.98. The van der Waals surface area contributed by atoms with Crippen LogP contribution in [-0.2, 0) is 11.2 Å². The molecule has 1 amide bonds. The van der Waals surface area contributed by atoms with Gasteiger partial charge in [-0.1, -0.05) is 35.9 Å². The SMILES string of the molecule is O=Cc1ccccc1OCC(=O)Nc1ncc(Cc2cccc(Cl)c2)s1. The van der Waals surface area contributed by atoms with Gasteiger partial charge in [-0.3, -0.25) is 14.9 Å². The molecule has 0 saturated carbocycles. The Labute approximate surface area is 159 Å². The number of carbonyl (C=O) groups is 2. The van der Waals surface area contributed by atoms with Crippen LogP contribution in [0.4, 0.5) is 5.13 Å². The minimum Gasteiger partial charge on any atom is -0.483 e. The van der Waals surface area contributed by atoms with Crippen molar-refractivity contribution >= 4 is 40.3 Å². The van der Waals surface area contributed by atoms with Crippen LogP contribution in [0, 0.1) is 0 Å². The summed E-state index contributed by atoms with van der Waals surface area (Å²) >= 11 is 7.38. The molecule has 0 aliphatic rings. The summed E-state index contributed by atoms with van der Waals surface area (Å²) < 4.78 is 5.40. The first-order chi connectivity index (χ1) is 12.6. The van der Waals surface area contributed by atoms with E-state index < -0.39 is 0 Å². The van der Waals surface area contributed by atoms with Gasteiger partial charge in [-0.05, 0) is 29.8 Å². The highest BCUT2D eigenvalue weighted by Gasteiger charge is 2.10. The molecule has 7 heteroatoms. The molecule has 1 heterocycles. The molecule has 0 bridgehead atoms. The summed E-state index contributed by atoms with van der Waals surface area (Å²) in [6, 6.07) is 14.4. The number of aldehydes is 1. The summed E-state index contributed by atoms with van der Waals surface area (Å²) in [4.78, 5) is 28.2. The molecule has 3 aromatic rings. The first kappa shape index (κ1) is 18.1. The average Bonchev–Trinajstić information content (AvgIpc) is 3.07. The zero-order valence-electron chi connectivity index (χ0n) is 13.6. The number of aromatic nitrogens is 1. The Bertz CT molecular complexity index is 926. The van der Waals surface area contributed by atoms with Crippen LogP contribution in [0.15, 0.2) is 54.7 Å². The lowest BCUT2D eigenvalue weighted by atomic mass is 10.1. The molecule has 0 unspecified atom stereocenters. The van der Waals surface area contributed by atoms with Crippen LogP contribution in [0.25, 0.3) is 0 Å². The number of nitrogens with one attached hydrogen (secondary N) is 1. The smallest absolute Gasteiger partial charge is 0.264 e. The van der Waals surface area contributed by atoms with E-state index in [9.17, 15) is 9.59 Å². The molecular weight excluding hydrogens is 372 g/mol. The number of thiazole rings is 1.